The summed E-state index contributed by atoms with van der Waals surface area (Å²) in [6.45, 7) is 8.59. The second-order valence-electron chi connectivity index (χ2n) is 7.17. The zero-order valence-electron chi connectivity index (χ0n) is 16.0. The average molecular weight is 358 g/mol. The normalized spacial score (nSPS) is 15.8. The van der Waals surface area contributed by atoms with Gasteiger partial charge in [-0.25, -0.2) is 0 Å². The predicted octanol–water partition coefficient (Wildman–Crippen LogP) is 3.49. The first-order valence-electron chi connectivity index (χ1n) is 9.73. The van der Waals surface area contributed by atoms with Crippen LogP contribution in [-0.2, 0) is 11.3 Å². The second kappa shape index (κ2) is 8.54. The lowest BCUT2D eigenvalue weighted by atomic mass is 9.98. The van der Waals surface area contributed by atoms with E-state index in [9.17, 15) is 4.79 Å². The number of nitrogens with one attached hydrogen (secondary N) is 2. The zero-order chi connectivity index (χ0) is 18.5. The summed E-state index contributed by atoms with van der Waals surface area (Å²) in [7, 11) is 0. The van der Waals surface area contributed by atoms with E-state index in [2.05, 4.69) is 29.4 Å². The van der Waals surface area contributed by atoms with Crippen LogP contribution in [0.4, 0.5) is 0 Å². The first-order chi connectivity index (χ1) is 12.6. The molecule has 0 bridgehead atoms. The molecule has 26 heavy (non-hydrogen) atoms. The lowest BCUT2D eigenvalue weighted by Crippen LogP contribution is -2.46. The number of aryl methyl sites for hydroxylation is 1. The van der Waals surface area contributed by atoms with Gasteiger partial charge in [0.25, 0.3) is 0 Å². The highest BCUT2D eigenvalue weighted by Crippen LogP contribution is 2.24. The molecule has 6 nitrogen and oxygen atoms in total. The smallest absolute Gasteiger partial charge is 0.225 e. The molecule has 0 atom stereocenters. The Morgan fingerprint density at radius 3 is 2.69 bits per heavy atom. The minimum Gasteiger partial charge on any atom is -0.460 e. The Morgan fingerprint density at radius 1 is 1.35 bits per heavy atom. The van der Waals surface area contributed by atoms with Crippen LogP contribution in [0.2, 0.25) is 0 Å². The van der Waals surface area contributed by atoms with Crippen LogP contribution in [0.5, 0.6) is 0 Å². The first kappa shape index (κ1) is 18.7. The largest absolute Gasteiger partial charge is 0.460 e. The van der Waals surface area contributed by atoms with Gasteiger partial charge in [0.1, 0.15) is 11.5 Å². The molecule has 6 heteroatoms. The van der Waals surface area contributed by atoms with Crippen molar-refractivity contribution < 1.29 is 9.21 Å². The van der Waals surface area contributed by atoms with Crippen molar-refractivity contribution in [3.63, 3.8) is 0 Å². The van der Waals surface area contributed by atoms with Gasteiger partial charge in [0, 0.05) is 37.2 Å². The van der Waals surface area contributed by atoms with E-state index in [1.54, 1.807) is 0 Å². The Balaban J connectivity index is 1.51. The second-order valence-corrected chi connectivity index (χ2v) is 7.17. The van der Waals surface area contributed by atoms with E-state index < -0.39 is 0 Å². The van der Waals surface area contributed by atoms with Crippen molar-refractivity contribution in [3.05, 3.63) is 29.7 Å². The molecule has 2 aromatic rings. The minimum atomic E-state index is 0.185. The van der Waals surface area contributed by atoms with E-state index >= 15 is 0 Å². The Hall–Kier alpha value is -2.08. The van der Waals surface area contributed by atoms with Gasteiger partial charge in [0.15, 0.2) is 5.76 Å². The van der Waals surface area contributed by atoms with Crippen LogP contribution in [-0.4, -0.2) is 40.1 Å². The molecule has 1 amide bonds. The number of carbonyl (C=O) groups is 1. The molecule has 0 spiro atoms. The maximum absolute atomic E-state index is 12.5. The van der Waals surface area contributed by atoms with Crippen molar-refractivity contribution in [2.45, 2.75) is 59.0 Å². The molecular formula is C20H30N4O2. The van der Waals surface area contributed by atoms with Gasteiger partial charge in [-0.1, -0.05) is 13.8 Å². The van der Waals surface area contributed by atoms with Crippen LogP contribution < -0.4 is 5.32 Å². The predicted molar refractivity (Wildman–Crippen MR) is 102 cm³/mol. The number of likely N-dealkylation sites (tertiary alicyclic amines) is 1. The van der Waals surface area contributed by atoms with Crippen LogP contribution in [0.25, 0.3) is 11.5 Å². The molecule has 2 aromatic heterocycles. The monoisotopic (exact) mass is 358 g/mol. The third-order valence-corrected chi connectivity index (χ3v) is 5.43. The molecule has 0 saturated carbocycles. The highest BCUT2D eigenvalue weighted by molar-refractivity contribution is 5.78. The summed E-state index contributed by atoms with van der Waals surface area (Å²) < 4.78 is 5.70. The quantitative estimate of drug-likeness (QED) is 0.794. The fourth-order valence-corrected chi connectivity index (χ4v) is 3.68. The topological polar surface area (TPSA) is 74.2 Å². The van der Waals surface area contributed by atoms with Crippen molar-refractivity contribution in [2.75, 3.05) is 13.1 Å². The molecule has 0 aromatic carbocycles. The number of nitrogens with zero attached hydrogens (tertiary/aromatic N) is 2. The number of furan rings is 1. The number of aromatic amines is 1. The standard InChI is InChI=1S/C20H30N4O2/c1-4-15(5-2)20(25)24-10-8-17(9-11-24)21-12-16-13-22-23-19(16)18-7-6-14(3)26-18/h6-7,13,15,17,21H,4-5,8-12H2,1-3H3,(H,22,23). The molecular weight excluding hydrogens is 328 g/mol. The van der Waals surface area contributed by atoms with Crippen LogP contribution >= 0.6 is 0 Å². The summed E-state index contributed by atoms with van der Waals surface area (Å²) in [5.41, 5.74) is 2.04. The molecule has 2 N–H and O–H groups in total. The number of amides is 1. The maximum Gasteiger partial charge on any atom is 0.225 e. The zero-order valence-corrected chi connectivity index (χ0v) is 16.0. The van der Waals surface area contributed by atoms with Gasteiger partial charge in [-0.05, 0) is 44.7 Å². The number of rotatable bonds is 7. The molecule has 3 heterocycles. The van der Waals surface area contributed by atoms with Crippen molar-refractivity contribution in [3.8, 4) is 11.5 Å². The number of hydrogen-bond acceptors (Lipinski definition) is 4. The Bertz CT molecular complexity index is 709. The highest BCUT2D eigenvalue weighted by Gasteiger charge is 2.26. The fraction of sp³-hybridized carbons (Fsp3) is 0.600. The van der Waals surface area contributed by atoms with E-state index in [1.165, 1.54) is 0 Å². The Labute approximate surface area is 155 Å². The fourth-order valence-electron chi connectivity index (χ4n) is 3.68. The third-order valence-electron chi connectivity index (χ3n) is 5.43. The molecule has 3 rings (SSSR count). The molecule has 1 aliphatic rings. The summed E-state index contributed by atoms with van der Waals surface area (Å²) in [5.74, 6) is 2.23. The maximum atomic E-state index is 12.5. The summed E-state index contributed by atoms with van der Waals surface area (Å²) in [6.07, 6.45) is 5.72. The molecule has 1 aliphatic heterocycles. The number of aromatic nitrogens is 2. The van der Waals surface area contributed by atoms with Gasteiger partial charge in [0.2, 0.25) is 5.91 Å². The van der Waals surface area contributed by atoms with Crippen LogP contribution in [0.15, 0.2) is 22.7 Å². The average Bonchev–Trinajstić information content (AvgIpc) is 3.29. The summed E-state index contributed by atoms with van der Waals surface area (Å²) in [5, 5.41) is 10.8. The van der Waals surface area contributed by atoms with Crippen molar-refractivity contribution >= 4 is 5.91 Å². The molecule has 0 radical (unpaired) electrons. The number of hydrogen-bond donors (Lipinski definition) is 2. The van der Waals surface area contributed by atoms with Crippen LogP contribution in [0, 0.1) is 12.8 Å². The third kappa shape index (κ3) is 4.18. The molecule has 0 unspecified atom stereocenters. The first-order valence-corrected chi connectivity index (χ1v) is 9.73. The Kier molecular flexibility index (Phi) is 6.14. The van der Waals surface area contributed by atoms with Gasteiger partial charge in [-0.2, -0.15) is 5.10 Å². The van der Waals surface area contributed by atoms with E-state index in [0.717, 1.165) is 68.1 Å². The van der Waals surface area contributed by atoms with Crippen molar-refractivity contribution in [1.29, 1.82) is 0 Å². The lowest BCUT2D eigenvalue weighted by molar-refractivity contribution is -0.136. The molecule has 1 fully saturated rings. The van der Waals surface area contributed by atoms with E-state index in [4.69, 9.17) is 4.42 Å². The molecule has 142 valence electrons. The number of carbonyl (C=O) groups excluding carboxylic acids is 1. The molecule has 1 saturated heterocycles. The van der Waals surface area contributed by atoms with Gasteiger partial charge in [0.05, 0.1) is 6.20 Å². The van der Waals surface area contributed by atoms with Gasteiger partial charge in [-0.15, -0.1) is 0 Å². The Morgan fingerprint density at radius 2 is 2.08 bits per heavy atom. The van der Waals surface area contributed by atoms with E-state index in [1.807, 2.05) is 30.2 Å². The van der Waals surface area contributed by atoms with Crippen molar-refractivity contribution in [2.24, 2.45) is 5.92 Å². The van der Waals surface area contributed by atoms with Crippen molar-refractivity contribution in [1.82, 2.24) is 20.4 Å². The van der Waals surface area contributed by atoms with Crippen LogP contribution in [0.1, 0.15) is 50.9 Å². The van der Waals surface area contributed by atoms with Gasteiger partial charge in [-0.3, -0.25) is 9.89 Å². The van der Waals surface area contributed by atoms with Gasteiger partial charge >= 0.3 is 0 Å². The SMILES string of the molecule is CCC(CC)C(=O)N1CCC(NCc2cn[nH]c2-c2ccc(C)o2)CC1. The summed E-state index contributed by atoms with van der Waals surface area (Å²) >= 11 is 0. The summed E-state index contributed by atoms with van der Waals surface area (Å²) in [6, 6.07) is 4.36. The van der Waals surface area contributed by atoms with E-state index in [0.29, 0.717) is 11.9 Å². The van der Waals surface area contributed by atoms with Gasteiger partial charge < -0.3 is 14.6 Å². The van der Waals surface area contributed by atoms with Crippen LogP contribution in [0.3, 0.4) is 0 Å². The lowest BCUT2D eigenvalue weighted by Gasteiger charge is -2.34. The van der Waals surface area contributed by atoms with E-state index in [-0.39, 0.29) is 5.92 Å². The summed E-state index contributed by atoms with van der Waals surface area (Å²) in [4.78, 5) is 14.5. The minimum absolute atomic E-state index is 0.185. The molecule has 0 aliphatic carbocycles. The number of piperidine rings is 1. The highest BCUT2D eigenvalue weighted by atomic mass is 16.3. The number of H-pyrrole nitrogens is 1.